The monoisotopic (exact) mass is 407 g/mol. The van der Waals surface area contributed by atoms with Gasteiger partial charge in [0, 0.05) is 10.5 Å². The van der Waals surface area contributed by atoms with Gasteiger partial charge in [-0.3, -0.25) is 0 Å². The van der Waals surface area contributed by atoms with E-state index >= 15 is 0 Å². The van der Waals surface area contributed by atoms with E-state index < -0.39 is 18.0 Å². The predicted molar refractivity (Wildman–Crippen MR) is 95.7 cm³/mol. The summed E-state index contributed by atoms with van der Waals surface area (Å²) in [7, 11) is 0. The van der Waals surface area contributed by atoms with Gasteiger partial charge in [0.1, 0.15) is 18.5 Å². The minimum atomic E-state index is -0.966. The number of nitrogens with one attached hydrogen (secondary N) is 1. The largest absolute Gasteiger partial charge is 0.445 e. The maximum atomic E-state index is 13.4. The topological polar surface area (TPSA) is 58.6 Å². The molecule has 25 heavy (non-hydrogen) atoms. The smallest absolute Gasteiger partial charge is 0.407 e. The van der Waals surface area contributed by atoms with Gasteiger partial charge < -0.3 is 15.2 Å². The molecule has 2 aromatic rings. The number of carbonyl (C=O) groups excluding carboxylic acids is 1. The van der Waals surface area contributed by atoms with Crippen LogP contribution in [0.1, 0.15) is 41.2 Å². The molecule has 1 atom stereocenters. The van der Waals surface area contributed by atoms with Gasteiger partial charge >= 0.3 is 6.09 Å². The molecular weight excluding hydrogens is 389 g/mol. The van der Waals surface area contributed by atoms with E-state index in [1.54, 1.807) is 18.2 Å². The number of hydrogen-bond acceptors (Lipinski definition) is 3. The lowest BCUT2D eigenvalue weighted by Crippen LogP contribution is -2.26. The van der Waals surface area contributed by atoms with E-state index in [0.29, 0.717) is 11.1 Å². The fraction of sp³-hybridized carbons (Fsp3) is 0.316. The van der Waals surface area contributed by atoms with Gasteiger partial charge in [-0.05, 0) is 66.3 Å². The standard InChI is InChI=1S/C19H19BrFNO3/c1-11-16(18(23)13-3-2-4-14(21)9-13)7-12(8-17(11)20)10-25-19(24)22-15-5-6-15/h2-4,7-9,15,18,23H,5-6,10H2,1H3,(H,22,24). The van der Waals surface area contributed by atoms with Crippen LogP contribution in [0.2, 0.25) is 0 Å². The first-order chi connectivity index (χ1) is 11.9. The summed E-state index contributed by atoms with van der Waals surface area (Å²) >= 11 is 3.47. The Kier molecular flexibility index (Phi) is 5.39. The van der Waals surface area contributed by atoms with E-state index in [1.807, 2.05) is 13.0 Å². The van der Waals surface area contributed by atoms with Crippen molar-refractivity contribution in [3.8, 4) is 0 Å². The van der Waals surface area contributed by atoms with E-state index in [4.69, 9.17) is 4.74 Å². The third-order valence-corrected chi connectivity index (χ3v) is 5.00. The van der Waals surface area contributed by atoms with E-state index in [9.17, 15) is 14.3 Å². The highest BCUT2D eigenvalue weighted by atomic mass is 79.9. The molecule has 0 heterocycles. The number of aliphatic hydroxyl groups is 1. The molecule has 0 bridgehead atoms. The Morgan fingerprint density at radius 2 is 2.16 bits per heavy atom. The summed E-state index contributed by atoms with van der Waals surface area (Å²) in [6, 6.07) is 9.75. The van der Waals surface area contributed by atoms with Gasteiger partial charge in [0.25, 0.3) is 0 Å². The van der Waals surface area contributed by atoms with Crippen molar-refractivity contribution in [2.24, 2.45) is 0 Å². The number of halogens is 2. The highest BCUT2D eigenvalue weighted by Gasteiger charge is 2.24. The number of alkyl carbamates (subject to hydrolysis) is 1. The Balaban J connectivity index is 1.78. The average molecular weight is 408 g/mol. The molecular formula is C19H19BrFNO3. The molecule has 1 aliphatic carbocycles. The number of amides is 1. The highest BCUT2D eigenvalue weighted by Crippen LogP contribution is 2.31. The fourth-order valence-corrected chi connectivity index (χ4v) is 3.09. The first-order valence-corrected chi connectivity index (χ1v) is 8.89. The van der Waals surface area contributed by atoms with Crippen LogP contribution in [0.5, 0.6) is 0 Å². The van der Waals surface area contributed by atoms with Crippen molar-refractivity contribution in [3.63, 3.8) is 0 Å². The lowest BCUT2D eigenvalue weighted by Gasteiger charge is -2.17. The second-order valence-electron chi connectivity index (χ2n) is 6.24. The third-order valence-electron chi connectivity index (χ3n) is 4.17. The van der Waals surface area contributed by atoms with Crippen LogP contribution in [-0.2, 0) is 11.3 Å². The predicted octanol–water partition coefficient (Wildman–Crippen LogP) is 4.37. The van der Waals surface area contributed by atoms with Crippen molar-refractivity contribution in [1.82, 2.24) is 5.32 Å². The van der Waals surface area contributed by atoms with Crippen molar-refractivity contribution in [3.05, 3.63) is 68.9 Å². The Hall–Kier alpha value is -1.92. The fourth-order valence-electron chi connectivity index (χ4n) is 2.57. The SMILES string of the molecule is Cc1c(Br)cc(COC(=O)NC2CC2)cc1C(O)c1cccc(F)c1. The van der Waals surface area contributed by atoms with E-state index in [0.717, 1.165) is 28.4 Å². The van der Waals surface area contributed by atoms with Crippen LogP contribution in [-0.4, -0.2) is 17.2 Å². The first kappa shape index (κ1) is 17.9. The van der Waals surface area contributed by atoms with Gasteiger partial charge in [-0.25, -0.2) is 9.18 Å². The molecule has 2 aromatic carbocycles. The minimum absolute atomic E-state index is 0.0975. The van der Waals surface area contributed by atoms with E-state index in [1.165, 1.54) is 12.1 Å². The van der Waals surface area contributed by atoms with Gasteiger partial charge in [0.15, 0.2) is 0 Å². The van der Waals surface area contributed by atoms with Crippen LogP contribution >= 0.6 is 15.9 Å². The number of benzene rings is 2. The van der Waals surface area contributed by atoms with Crippen LogP contribution in [0.4, 0.5) is 9.18 Å². The van der Waals surface area contributed by atoms with Crippen LogP contribution in [0.25, 0.3) is 0 Å². The number of aliphatic hydroxyl groups excluding tert-OH is 1. The quantitative estimate of drug-likeness (QED) is 0.773. The Morgan fingerprint density at radius 3 is 2.84 bits per heavy atom. The van der Waals surface area contributed by atoms with Crippen LogP contribution in [0.15, 0.2) is 40.9 Å². The van der Waals surface area contributed by atoms with Gasteiger partial charge in [0.05, 0.1) is 0 Å². The molecule has 6 heteroatoms. The molecule has 3 rings (SSSR count). The summed E-state index contributed by atoms with van der Waals surface area (Å²) in [5.74, 6) is -0.399. The minimum Gasteiger partial charge on any atom is -0.445 e. The molecule has 1 unspecified atom stereocenters. The molecule has 0 saturated heterocycles. The van der Waals surface area contributed by atoms with Crippen molar-refractivity contribution < 1.29 is 19.0 Å². The number of rotatable bonds is 5. The molecule has 0 radical (unpaired) electrons. The molecule has 1 fully saturated rings. The van der Waals surface area contributed by atoms with E-state index in [2.05, 4.69) is 21.2 Å². The molecule has 1 amide bonds. The highest BCUT2D eigenvalue weighted by molar-refractivity contribution is 9.10. The van der Waals surface area contributed by atoms with Gasteiger partial charge in [-0.15, -0.1) is 0 Å². The summed E-state index contributed by atoms with van der Waals surface area (Å²) in [5, 5.41) is 13.4. The molecule has 1 aliphatic rings. The van der Waals surface area contributed by atoms with Crippen LogP contribution in [0, 0.1) is 12.7 Å². The summed E-state index contributed by atoms with van der Waals surface area (Å²) in [5.41, 5.74) is 2.71. The number of hydrogen-bond donors (Lipinski definition) is 2. The van der Waals surface area contributed by atoms with Crippen molar-refractivity contribution in [2.75, 3.05) is 0 Å². The summed E-state index contributed by atoms with van der Waals surface area (Å²) in [6.45, 7) is 1.96. The Bertz CT molecular complexity index is 792. The zero-order valence-electron chi connectivity index (χ0n) is 13.8. The first-order valence-electron chi connectivity index (χ1n) is 8.10. The normalized spacial score (nSPS) is 14.9. The lowest BCUT2D eigenvalue weighted by atomic mass is 9.95. The number of carbonyl (C=O) groups is 1. The molecule has 2 N–H and O–H groups in total. The molecule has 0 aromatic heterocycles. The molecule has 4 nitrogen and oxygen atoms in total. The number of ether oxygens (including phenoxy) is 1. The maximum Gasteiger partial charge on any atom is 0.407 e. The van der Waals surface area contributed by atoms with E-state index in [-0.39, 0.29) is 12.6 Å². The second kappa shape index (κ2) is 7.54. The summed E-state index contributed by atoms with van der Waals surface area (Å²) < 4.78 is 19.5. The van der Waals surface area contributed by atoms with Crippen molar-refractivity contribution in [2.45, 2.75) is 38.5 Å². The molecule has 1 saturated carbocycles. The van der Waals surface area contributed by atoms with Crippen molar-refractivity contribution >= 4 is 22.0 Å². The molecule has 132 valence electrons. The zero-order valence-corrected chi connectivity index (χ0v) is 15.3. The van der Waals surface area contributed by atoms with Gasteiger partial charge in [0.2, 0.25) is 0 Å². The third kappa shape index (κ3) is 4.58. The zero-order chi connectivity index (χ0) is 18.0. The lowest BCUT2D eigenvalue weighted by molar-refractivity contribution is 0.139. The Labute approximate surface area is 154 Å². The molecule has 0 aliphatic heterocycles. The van der Waals surface area contributed by atoms with Crippen molar-refractivity contribution in [1.29, 1.82) is 0 Å². The maximum absolute atomic E-state index is 13.4. The van der Waals surface area contributed by atoms with Crippen LogP contribution < -0.4 is 5.32 Å². The second-order valence-corrected chi connectivity index (χ2v) is 7.10. The molecule has 0 spiro atoms. The average Bonchev–Trinajstić information content (AvgIpc) is 3.39. The Morgan fingerprint density at radius 1 is 1.40 bits per heavy atom. The van der Waals surface area contributed by atoms with Gasteiger partial charge in [-0.2, -0.15) is 0 Å². The summed E-state index contributed by atoms with van der Waals surface area (Å²) in [6.07, 6.45) is 0.586. The van der Waals surface area contributed by atoms with Crippen LogP contribution in [0.3, 0.4) is 0 Å². The van der Waals surface area contributed by atoms with Gasteiger partial charge in [-0.1, -0.05) is 28.1 Å². The summed E-state index contributed by atoms with van der Waals surface area (Å²) in [4.78, 5) is 11.7.